The molecule has 0 radical (unpaired) electrons. The van der Waals surface area contributed by atoms with Crippen molar-refractivity contribution in [2.75, 3.05) is 10.6 Å². The van der Waals surface area contributed by atoms with Gasteiger partial charge in [0.05, 0.1) is 12.8 Å². The highest BCUT2D eigenvalue weighted by atomic mass is 16.4. The molecule has 2 aromatic heterocycles. The SMILES string of the molecule is Cc1ccccc1Nc1nc2ccc(CC(=O)Nc3ccc(C(C)CC(=O)O)cn3)cc2o1. The van der Waals surface area contributed by atoms with Crippen molar-refractivity contribution < 1.29 is 19.1 Å². The minimum absolute atomic E-state index is 0.0275. The molecular formula is C25H24N4O4. The van der Waals surface area contributed by atoms with Crippen molar-refractivity contribution in [2.45, 2.75) is 32.6 Å². The summed E-state index contributed by atoms with van der Waals surface area (Å²) in [4.78, 5) is 32.0. The van der Waals surface area contributed by atoms with Crippen molar-refractivity contribution in [3.05, 3.63) is 77.5 Å². The highest BCUT2D eigenvalue weighted by Crippen LogP contribution is 2.25. The smallest absolute Gasteiger partial charge is 0.303 e. The highest BCUT2D eigenvalue weighted by Gasteiger charge is 2.13. The van der Waals surface area contributed by atoms with Gasteiger partial charge in [-0.3, -0.25) is 9.59 Å². The Labute approximate surface area is 190 Å². The molecule has 2 aromatic carbocycles. The summed E-state index contributed by atoms with van der Waals surface area (Å²) in [5, 5.41) is 14.9. The number of anilines is 3. The molecule has 2 heterocycles. The second kappa shape index (κ2) is 9.52. The van der Waals surface area contributed by atoms with E-state index < -0.39 is 5.97 Å². The zero-order valence-corrected chi connectivity index (χ0v) is 18.3. The third-order valence-corrected chi connectivity index (χ3v) is 5.31. The lowest BCUT2D eigenvalue weighted by atomic mass is 10.00. The summed E-state index contributed by atoms with van der Waals surface area (Å²) in [6, 6.07) is 17.2. The van der Waals surface area contributed by atoms with Gasteiger partial charge in [-0.25, -0.2) is 4.98 Å². The Morgan fingerprint density at radius 1 is 1.12 bits per heavy atom. The van der Waals surface area contributed by atoms with Crippen molar-refractivity contribution in [3.63, 3.8) is 0 Å². The third-order valence-electron chi connectivity index (χ3n) is 5.31. The Morgan fingerprint density at radius 2 is 1.94 bits per heavy atom. The first-order valence-electron chi connectivity index (χ1n) is 10.6. The predicted molar refractivity (Wildman–Crippen MR) is 126 cm³/mol. The van der Waals surface area contributed by atoms with Crippen molar-refractivity contribution in [1.29, 1.82) is 0 Å². The Kier molecular flexibility index (Phi) is 6.35. The average Bonchev–Trinajstić information content (AvgIpc) is 3.17. The number of carbonyl (C=O) groups is 2. The van der Waals surface area contributed by atoms with E-state index >= 15 is 0 Å². The van der Waals surface area contributed by atoms with Crippen LogP contribution in [0.2, 0.25) is 0 Å². The summed E-state index contributed by atoms with van der Waals surface area (Å²) in [6.45, 7) is 3.83. The fraction of sp³-hybridized carbons (Fsp3) is 0.200. The zero-order valence-electron chi connectivity index (χ0n) is 18.3. The molecular weight excluding hydrogens is 420 g/mol. The molecule has 168 valence electrons. The fourth-order valence-electron chi connectivity index (χ4n) is 3.48. The number of fused-ring (bicyclic) bond motifs is 1. The summed E-state index contributed by atoms with van der Waals surface area (Å²) in [7, 11) is 0. The summed E-state index contributed by atoms with van der Waals surface area (Å²) in [5.41, 5.74) is 4.87. The minimum Gasteiger partial charge on any atom is -0.481 e. The number of oxazole rings is 1. The number of para-hydroxylation sites is 1. The van der Waals surface area contributed by atoms with Gasteiger partial charge in [0.25, 0.3) is 6.01 Å². The number of carboxylic acid groups (broad SMARTS) is 1. The molecule has 0 spiro atoms. The Hall–Kier alpha value is -4.20. The van der Waals surface area contributed by atoms with Crippen LogP contribution in [0.1, 0.15) is 36.0 Å². The number of carboxylic acids is 1. The number of aliphatic carboxylic acids is 1. The van der Waals surface area contributed by atoms with Crippen molar-refractivity contribution in [1.82, 2.24) is 9.97 Å². The first-order valence-corrected chi connectivity index (χ1v) is 10.6. The first-order chi connectivity index (χ1) is 15.9. The van der Waals surface area contributed by atoms with Crippen molar-refractivity contribution in [2.24, 2.45) is 0 Å². The molecule has 33 heavy (non-hydrogen) atoms. The number of hydrogen-bond donors (Lipinski definition) is 3. The van der Waals surface area contributed by atoms with Gasteiger partial charge in [-0.15, -0.1) is 0 Å². The molecule has 8 nitrogen and oxygen atoms in total. The molecule has 4 rings (SSSR count). The van der Waals surface area contributed by atoms with E-state index in [4.69, 9.17) is 9.52 Å². The van der Waals surface area contributed by atoms with Gasteiger partial charge in [0, 0.05) is 11.9 Å². The maximum Gasteiger partial charge on any atom is 0.303 e. The molecule has 0 aliphatic rings. The number of benzene rings is 2. The minimum atomic E-state index is -0.860. The lowest BCUT2D eigenvalue weighted by Crippen LogP contribution is -2.15. The van der Waals surface area contributed by atoms with Gasteiger partial charge >= 0.3 is 5.97 Å². The van der Waals surface area contributed by atoms with Crippen LogP contribution in [-0.4, -0.2) is 27.0 Å². The number of rotatable bonds is 8. The summed E-state index contributed by atoms with van der Waals surface area (Å²) >= 11 is 0. The number of aromatic nitrogens is 2. The number of amides is 1. The van der Waals surface area contributed by atoms with Crippen LogP contribution in [0.4, 0.5) is 17.5 Å². The molecule has 0 aliphatic carbocycles. The standard InChI is InChI=1S/C25H24N4O4/c1-15-5-3-4-6-19(15)27-25-28-20-9-7-17(12-21(20)33-25)13-23(30)29-22-10-8-18(14-26-22)16(2)11-24(31)32/h3-10,12,14,16H,11,13H2,1-2H3,(H,27,28)(H,31,32)(H,26,29,30). The molecule has 8 heteroatoms. The molecule has 0 bridgehead atoms. The van der Waals surface area contributed by atoms with Crippen LogP contribution in [0.3, 0.4) is 0 Å². The van der Waals surface area contributed by atoms with Crippen molar-refractivity contribution in [3.8, 4) is 0 Å². The second-order valence-corrected chi connectivity index (χ2v) is 7.96. The van der Waals surface area contributed by atoms with E-state index in [-0.39, 0.29) is 24.7 Å². The molecule has 1 amide bonds. The second-order valence-electron chi connectivity index (χ2n) is 7.96. The van der Waals surface area contributed by atoms with Crippen LogP contribution < -0.4 is 10.6 Å². The molecule has 0 saturated heterocycles. The number of nitrogens with one attached hydrogen (secondary N) is 2. The first kappa shape index (κ1) is 22.0. The average molecular weight is 444 g/mol. The van der Waals surface area contributed by atoms with Gasteiger partial charge < -0.3 is 20.2 Å². The maximum absolute atomic E-state index is 12.5. The Bertz CT molecular complexity index is 1300. The Morgan fingerprint density at radius 3 is 2.67 bits per heavy atom. The number of hydrogen-bond acceptors (Lipinski definition) is 6. The van der Waals surface area contributed by atoms with Crippen LogP contribution in [0.5, 0.6) is 0 Å². The maximum atomic E-state index is 12.5. The third kappa shape index (κ3) is 5.54. The van der Waals surface area contributed by atoms with E-state index in [0.29, 0.717) is 22.9 Å². The number of pyridine rings is 1. The van der Waals surface area contributed by atoms with E-state index in [0.717, 1.165) is 22.4 Å². The predicted octanol–water partition coefficient (Wildman–Crippen LogP) is 5.03. The molecule has 4 aromatic rings. The van der Waals surface area contributed by atoms with E-state index in [2.05, 4.69) is 20.6 Å². The quantitative estimate of drug-likeness (QED) is 0.349. The highest BCUT2D eigenvalue weighted by molar-refractivity contribution is 5.92. The van der Waals surface area contributed by atoms with Crippen LogP contribution >= 0.6 is 0 Å². The Balaban J connectivity index is 1.39. The monoisotopic (exact) mass is 444 g/mol. The van der Waals surface area contributed by atoms with Gasteiger partial charge in [-0.1, -0.05) is 37.3 Å². The lowest BCUT2D eigenvalue weighted by molar-refractivity contribution is -0.137. The summed E-state index contributed by atoms with van der Waals surface area (Å²) in [6.07, 6.45) is 1.77. The summed E-state index contributed by atoms with van der Waals surface area (Å²) < 4.78 is 5.82. The van der Waals surface area contributed by atoms with Crippen molar-refractivity contribution >= 4 is 40.5 Å². The summed E-state index contributed by atoms with van der Waals surface area (Å²) in [5.74, 6) is -0.817. The van der Waals surface area contributed by atoms with Crippen LogP contribution in [-0.2, 0) is 16.0 Å². The number of nitrogens with zero attached hydrogens (tertiary/aromatic N) is 2. The van der Waals surface area contributed by atoms with E-state index in [1.807, 2.05) is 50.2 Å². The zero-order chi connectivity index (χ0) is 23.4. The van der Waals surface area contributed by atoms with Crippen LogP contribution in [0.25, 0.3) is 11.1 Å². The van der Waals surface area contributed by atoms with Gasteiger partial charge in [0.1, 0.15) is 11.3 Å². The van der Waals surface area contributed by atoms with Crippen LogP contribution in [0.15, 0.2) is 65.2 Å². The topological polar surface area (TPSA) is 117 Å². The van der Waals surface area contributed by atoms with Crippen LogP contribution in [0, 0.1) is 6.92 Å². The van der Waals surface area contributed by atoms with E-state index in [1.54, 1.807) is 24.4 Å². The molecule has 0 aliphatic heterocycles. The molecule has 0 saturated carbocycles. The van der Waals surface area contributed by atoms with Gasteiger partial charge in [-0.2, -0.15) is 4.98 Å². The molecule has 1 unspecified atom stereocenters. The van der Waals surface area contributed by atoms with Gasteiger partial charge in [0.2, 0.25) is 5.91 Å². The van der Waals surface area contributed by atoms with E-state index in [1.165, 1.54) is 0 Å². The molecule has 1 atom stereocenters. The van der Waals surface area contributed by atoms with E-state index in [9.17, 15) is 9.59 Å². The van der Waals surface area contributed by atoms with Gasteiger partial charge in [-0.05, 0) is 53.8 Å². The lowest BCUT2D eigenvalue weighted by Gasteiger charge is -2.10. The normalized spacial score (nSPS) is 11.8. The molecule has 0 fully saturated rings. The fourth-order valence-corrected chi connectivity index (χ4v) is 3.48. The number of aryl methyl sites for hydroxylation is 1. The molecule has 3 N–H and O–H groups in total. The number of carbonyl (C=O) groups excluding carboxylic acids is 1. The van der Waals surface area contributed by atoms with Gasteiger partial charge in [0.15, 0.2) is 5.58 Å². The largest absolute Gasteiger partial charge is 0.481 e.